The fraction of sp³-hybridized carbons (Fsp3) is 0.484. The normalized spacial score (nSPS) is 26.0. The number of carbonyl (C=O) groups excluding carboxylic acids is 2. The Labute approximate surface area is 235 Å². The van der Waals surface area contributed by atoms with Crippen LogP contribution < -0.4 is 10.9 Å². The van der Waals surface area contributed by atoms with Gasteiger partial charge in [0.15, 0.2) is 5.60 Å². The highest BCUT2D eigenvalue weighted by molar-refractivity contribution is 5.94. The third-order valence-electron chi connectivity index (χ3n) is 9.92. The molecule has 2 aliphatic carbocycles. The van der Waals surface area contributed by atoms with Crippen molar-refractivity contribution < 1.29 is 28.9 Å². The number of amides is 1. The lowest BCUT2D eigenvalue weighted by Gasteiger charge is -2.31. The number of halogens is 1. The average Bonchev–Trinajstić information content (AvgIpc) is 3.59. The largest absolute Gasteiger partial charge is 0.458 e. The molecule has 4 atom stereocenters. The first-order valence-electron chi connectivity index (χ1n) is 14.4. The second kappa shape index (κ2) is 9.19. The van der Waals surface area contributed by atoms with Crippen LogP contribution in [-0.2, 0) is 39.5 Å². The maximum atomic E-state index is 15.1. The fourth-order valence-corrected chi connectivity index (χ4v) is 7.58. The second-order valence-electron chi connectivity index (χ2n) is 11.9. The highest BCUT2D eigenvalue weighted by Crippen LogP contribution is 2.46. The van der Waals surface area contributed by atoms with Crippen molar-refractivity contribution in [1.82, 2.24) is 14.9 Å². The van der Waals surface area contributed by atoms with Crippen molar-refractivity contribution in [2.24, 2.45) is 11.8 Å². The SMILES string of the molecule is CC[C@@]1(O)C(=O)OCc2c1cc1n(c2=O)Cc2c-1nc1cc(F)c(C)c3c1c2[C@@H](NC(=O)C1CCCC1CO)CC3. The molecule has 7 rings (SSSR count). The third kappa shape index (κ3) is 3.59. The van der Waals surface area contributed by atoms with E-state index >= 15 is 4.39 Å². The minimum Gasteiger partial charge on any atom is -0.458 e. The van der Waals surface area contributed by atoms with E-state index in [9.17, 15) is 24.6 Å². The van der Waals surface area contributed by atoms with Crippen LogP contribution >= 0.6 is 0 Å². The van der Waals surface area contributed by atoms with Crippen molar-refractivity contribution in [3.05, 3.63) is 61.7 Å². The molecule has 214 valence electrons. The van der Waals surface area contributed by atoms with E-state index < -0.39 is 11.6 Å². The standard InChI is InChI=1S/C31H32FN3O6/c1-3-31(40)20-9-24-27-18(11-35(24)29(38)19(20)13-41-30(31)39)26-22(34-28(37)17-6-4-5-15(17)12-36)8-7-16-14(2)21(32)10-23(33-27)25(16)26/h9-10,15,17,22,36,40H,3-8,11-13H2,1-2H3,(H,34,37)/t15?,17?,22-,31-/m0/s1. The summed E-state index contributed by atoms with van der Waals surface area (Å²) in [6, 6.07) is 2.67. The molecule has 3 N–H and O–H groups in total. The molecule has 1 fully saturated rings. The van der Waals surface area contributed by atoms with Crippen LogP contribution in [-0.4, -0.2) is 38.2 Å². The fourth-order valence-electron chi connectivity index (χ4n) is 7.58. The topological polar surface area (TPSA) is 131 Å². The summed E-state index contributed by atoms with van der Waals surface area (Å²) in [5.41, 5.74) is 2.49. The molecule has 41 heavy (non-hydrogen) atoms. The van der Waals surface area contributed by atoms with Gasteiger partial charge in [-0.3, -0.25) is 9.59 Å². The summed E-state index contributed by atoms with van der Waals surface area (Å²) in [5.74, 6) is -1.59. The molecule has 1 amide bonds. The number of carbonyl (C=O) groups is 2. The summed E-state index contributed by atoms with van der Waals surface area (Å²) in [5, 5.41) is 25.1. The van der Waals surface area contributed by atoms with Gasteiger partial charge in [0.1, 0.15) is 12.4 Å². The number of nitrogens with zero attached hydrogens (tertiary/aromatic N) is 2. The molecule has 4 aliphatic rings. The van der Waals surface area contributed by atoms with E-state index in [-0.39, 0.29) is 72.5 Å². The minimum atomic E-state index is -1.95. The van der Waals surface area contributed by atoms with Crippen molar-refractivity contribution >= 4 is 22.8 Å². The number of aromatic nitrogens is 2. The lowest BCUT2D eigenvalue weighted by Crippen LogP contribution is -2.44. The van der Waals surface area contributed by atoms with E-state index in [1.54, 1.807) is 24.5 Å². The molecule has 9 nitrogen and oxygen atoms in total. The Bertz CT molecular complexity index is 1730. The number of nitrogens with one attached hydrogen (secondary N) is 1. The number of hydrogen-bond acceptors (Lipinski definition) is 7. The van der Waals surface area contributed by atoms with Crippen LogP contribution in [0.3, 0.4) is 0 Å². The van der Waals surface area contributed by atoms with Crippen LogP contribution in [0.4, 0.5) is 4.39 Å². The summed E-state index contributed by atoms with van der Waals surface area (Å²) in [7, 11) is 0. The van der Waals surface area contributed by atoms with Crippen LogP contribution in [0.1, 0.15) is 78.5 Å². The Balaban J connectivity index is 1.43. The first kappa shape index (κ1) is 26.3. The predicted octanol–water partition coefficient (Wildman–Crippen LogP) is 3.04. The van der Waals surface area contributed by atoms with Crippen molar-refractivity contribution in [3.8, 4) is 11.4 Å². The van der Waals surface area contributed by atoms with Crippen molar-refractivity contribution in [2.45, 2.75) is 77.2 Å². The van der Waals surface area contributed by atoms with Gasteiger partial charge in [0.2, 0.25) is 5.91 Å². The minimum absolute atomic E-state index is 0.0296. The van der Waals surface area contributed by atoms with Crippen LogP contribution in [0.2, 0.25) is 0 Å². The van der Waals surface area contributed by atoms with E-state index in [1.165, 1.54) is 6.07 Å². The molecule has 1 aromatic carbocycles. The van der Waals surface area contributed by atoms with Gasteiger partial charge in [-0.15, -0.1) is 0 Å². The molecule has 2 aromatic heterocycles. The molecular weight excluding hydrogens is 529 g/mol. The molecule has 10 heteroatoms. The van der Waals surface area contributed by atoms with Gasteiger partial charge in [0.25, 0.3) is 5.56 Å². The molecule has 0 saturated heterocycles. The third-order valence-corrected chi connectivity index (χ3v) is 9.92. The summed E-state index contributed by atoms with van der Waals surface area (Å²) in [6.07, 6.45) is 3.59. The molecule has 0 bridgehead atoms. The van der Waals surface area contributed by atoms with Crippen molar-refractivity contribution in [3.63, 3.8) is 0 Å². The van der Waals surface area contributed by atoms with Gasteiger partial charge in [0.05, 0.1) is 35.1 Å². The number of hydrogen-bond donors (Lipinski definition) is 3. The zero-order valence-corrected chi connectivity index (χ0v) is 23.1. The first-order chi connectivity index (χ1) is 19.7. The molecule has 2 aliphatic heterocycles. The maximum Gasteiger partial charge on any atom is 0.343 e. The summed E-state index contributed by atoms with van der Waals surface area (Å²) in [6.45, 7) is 3.34. The molecule has 2 unspecified atom stereocenters. The predicted molar refractivity (Wildman–Crippen MR) is 146 cm³/mol. The van der Waals surface area contributed by atoms with Gasteiger partial charge in [0, 0.05) is 35.1 Å². The number of esters is 1. The Morgan fingerprint density at radius 3 is 2.78 bits per heavy atom. The Hall–Kier alpha value is -3.63. The average molecular weight is 562 g/mol. The molecule has 3 aromatic rings. The molecule has 0 spiro atoms. The number of aliphatic hydroxyl groups is 2. The zero-order chi connectivity index (χ0) is 28.8. The number of aliphatic hydroxyl groups excluding tert-OH is 1. The summed E-state index contributed by atoms with van der Waals surface area (Å²) >= 11 is 0. The number of benzene rings is 1. The number of rotatable bonds is 4. The quantitative estimate of drug-likeness (QED) is 0.327. The van der Waals surface area contributed by atoms with Gasteiger partial charge in [-0.1, -0.05) is 13.3 Å². The smallest absolute Gasteiger partial charge is 0.343 e. The molecule has 1 saturated carbocycles. The Kier molecular flexibility index (Phi) is 5.89. The van der Waals surface area contributed by atoms with E-state index in [1.807, 2.05) is 0 Å². The highest BCUT2D eigenvalue weighted by Gasteiger charge is 2.46. The second-order valence-corrected chi connectivity index (χ2v) is 11.9. The van der Waals surface area contributed by atoms with Crippen LogP contribution in [0, 0.1) is 24.6 Å². The van der Waals surface area contributed by atoms with E-state index in [4.69, 9.17) is 9.72 Å². The summed E-state index contributed by atoms with van der Waals surface area (Å²) in [4.78, 5) is 44.7. The van der Waals surface area contributed by atoms with Gasteiger partial charge in [-0.05, 0) is 67.7 Å². The van der Waals surface area contributed by atoms with E-state index in [0.717, 1.165) is 41.3 Å². The Morgan fingerprint density at radius 2 is 2.02 bits per heavy atom. The Morgan fingerprint density at radius 1 is 1.22 bits per heavy atom. The lowest BCUT2D eigenvalue weighted by molar-refractivity contribution is -0.172. The number of ether oxygens (including phenoxy) is 1. The van der Waals surface area contributed by atoms with Crippen LogP contribution in [0.5, 0.6) is 0 Å². The number of fused-ring (bicyclic) bond motifs is 5. The first-order valence-corrected chi connectivity index (χ1v) is 14.4. The van der Waals surface area contributed by atoms with Gasteiger partial charge >= 0.3 is 5.97 Å². The lowest BCUT2D eigenvalue weighted by atomic mass is 9.81. The summed E-state index contributed by atoms with van der Waals surface area (Å²) < 4.78 is 21.9. The molecule has 4 heterocycles. The monoisotopic (exact) mass is 561 g/mol. The number of cyclic esters (lactones) is 1. The highest BCUT2D eigenvalue weighted by atomic mass is 19.1. The number of aryl methyl sites for hydroxylation is 1. The van der Waals surface area contributed by atoms with Gasteiger partial charge < -0.3 is 24.8 Å². The van der Waals surface area contributed by atoms with Gasteiger partial charge in [-0.25, -0.2) is 14.2 Å². The van der Waals surface area contributed by atoms with Crippen molar-refractivity contribution in [1.29, 1.82) is 0 Å². The van der Waals surface area contributed by atoms with Crippen LogP contribution in [0.15, 0.2) is 16.9 Å². The molecule has 0 radical (unpaired) electrons. The number of pyridine rings is 2. The van der Waals surface area contributed by atoms with E-state index in [2.05, 4.69) is 5.32 Å². The zero-order valence-electron chi connectivity index (χ0n) is 23.1. The van der Waals surface area contributed by atoms with E-state index in [0.29, 0.717) is 35.3 Å². The van der Waals surface area contributed by atoms with Crippen LogP contribution in [0.25, 0.3) is 22.3 Å². The van der Waals surface area contributed by atoms with Gasteiger partial charge in [-0.2, -0.15) is 0 Å². The molecular formula is C31H32FN3O6. The maximum absolute atomic E-state index is 15.1. The van der Waals surface area contributed by atoms with Crippen molar-refractivity contribution in [2.75, 3.05) is 6.61 Å².